The lowest BCUT2D eigenvalue weighted by Crippen LogP contribution is -2.35. The summed E-state index contributed by atoms with van der Waals surface area (Å²) < 4.78 is 1.82. The van der Waals surface area contributed by atoms with E-state index in [1.54, 1.807) is 0 Å². The largest absolute Gasteiger partial charge is 0.349 e. The molecule has 25 heavy (non-hydrogen) atoms. The number of hydrogen-bond donors (Lipinski definition) is 1. The quantitative estimate of drug-likeness (QED) is 0.778. The normalized spacial score (nSPS) is 14.4. The van der Waals surface area contributed by atoms with Crippen LogP contribution < -0.4 is 10.2 Å². The van der Waals surface area contributed by atoms with Gasteiger partial charge >= 0.3 is 0 Å². The Balaban J connectivity index is 1.65. The average molecular weight is 363 g/mol. The van der Waals surface area contributed by atoms with Crippen molar-refractivity contribution < 1.29 is 4.79 Å². The van der Waals surface area contributed by atoms with E-state index in [0.29, 0.717) is 12.2 Å². The topological polar surface area (TPSA) is 66.3 Å². The standard InChI is InChI=1S/C17H26N6OS/c1-3-21(4-2)13-9-18-15(24)14-8-7-12-23(14)17-20-19-16(25-17)22-10-5-6-11-22/h7-8,12H,3-6,9-11,13H2,1-2H3,(H,18,24). The highest BCUT2D eigenvalue weighted by Crippen LogP contribution is 2.27. The van der Waals surface area contributed by atoms with E-state index in [2.05, 4.69) is 39.2 Å². The Morgan fingerprint density at radius 3 is 2.68 bits per heavy atom. The van der Waals surface area contributed by atoms with Gasteiger partial charge in [0.25, 0.3) is 5.91 Å². The Morgan fingerprint density at radius 1 is 1.24 bits per heavy atom. The van der Waals surface area contributed by atoms with Crippen molar-refractivity contribution in [3.8, 4) is 5.13 Å². The summed E-state index contributed by atoms with van der Waals surface area (Å²) in [6, 6.07) is 3.69. The summed E-state index contributed by atoms with van der Waals surface area (Å²) in [4.78, 5) is 17.1. The molecule has 0 bridgehead atoms. The van der Waals surface area contributed by atoms with Crippen LogP contribution in [0.5, 0.6) is 0 Å². The third kappa shape index (κ3) is 4.19. The number of aromatic nitrogens is 3. The molecule has 0 aliphatic carbocycles. The smallest absolute Gasteiger partial charge is 0.268 e. The minimum Gasteiger partial charge on any atom is -0.349 e. The summed E-state index contributed by atoms with van der Waals surface area (Å²) in [6.45, 7) is 9.82. The zero-order chi connectivity index (χ0) is 17.6. The maximum atomic E-state index is 12.5. The van der Waals surface area contributed by atoms with Gasteiger partial charge in [-0.3, -0.25) is 9.36 Å². The fraction of sp³-hybridized carbons (Fsp3) is 0.588. The third-order valence-corrected chi connectivity index (χ3v) is 5.56. The van der Waals surface area contributed by atoms with Crippen LogP contribution in [-0.4, -0.2) is 64.8 Å². The van der Waals surface area contributed by atoms with E-state index in [4.69, 9.17) is 0 Å². The van der Waals surface area contributed by atoms with Gasteiger partial charge in [-0.15, -0.1) is 10.2 Å². The molecule has 1 aliphatic heterocycles. The van der Waals surface area contributed by atoms with Crippen molar-refractivity contribution in [2.24, 2.45) is 0 Å². The van der Waals surface area contributed by atoms with E-state index in [0.717, 1.165) is 43.0 Å². The second-order valence-corrected chi connectivity index (χ2v) is 7.04. The van der Waals surface area contributed by atoms with Gasteiger partial charge in [0.2, 0.25) is 10.3 Å². The van der Waals surface area contributed by atoms with Crippen LogP contribution in [0.25, 0.3) is 5.13 Å². The van der Waals surface area contributed by atoms with Crippen LogP contribution in [0, 0.1) is 0 Å². The van der Waals surface area contributed by atoms with Crippen molar-refractivity contribution >= 4 is 22.4 Å². The molecule has 0 radical (unpaired) electrons. The summed E-state index contributed by atoms with van der Waals surface area (Å²) in [5.74, 6) is -0.0740. The second kappa shape index (κ2) is 8.44. The van der Waals surface area contributed by atoms with Crippen LogP contribution in [0.3, 0.4) is 0 Å². The van der Waals surface area contributed by atoms with Gasteiger partial charge in [-0.05, 0) is 38.1 Å². The first-order chi connectivity index (χ1) is 12.2. The summed E-state index contributed by atoms with van der Waals surface area (Å²) in [7, 11) is 0. The average Bonchev–Trinajstić information content (AvgIpc) is 3.38. The Morgan fingerprint density at radius 2 is 1.96 bits per heavy atom. The predicted octanol–water partition coefficient (Wildman–Crippen LogP) is 2.00. The molecule has 0 unspecified atom stereocenters. The zero-order valence-corrected chi connectivity index (χ0v) is 15.8. The highest BCUT2D eigenvalue weighted by Gasteiger charge is 2.19. The van der Waals surface area contributed by atoms with Gasteiger partial charge in [0.05, 0.1) is 0 Å². The van der Waals surface area contributed by atoms with Crippen molar-refractivity contribution in [3.63, 3.8) is 0 Å². The second-order valence-electron chi connectivity index (χ2n) is 6.11. The first kappa shape index (κ1) is 17.9. The summed E-state index contributed by atoms with van der Waals surface area (Å²) in [5.41, 5.74) is 0.601. The molecule has 1 amide bonds. The number of nitrogens with one attached hydrogen (secondary N) is 1. The zero-order valence-electron chi connectivity index (χ0n) is 14.9. The van der Waals surface area contributed by atoms with E-state index in [1.807, 2.05) is 22.9 Å². The fourth-order valence-corrected chi connectivity index (χ4v) is 3.93. The number of likely N-dealkylation sites (N-methyl/N-ethyl adjacent to an activating group) is 1. The first-order valence-corrected chi connectivity index (χ1v) is 9.81. The molecular formula is C17H26N6OS. The van der Waals surface area contributed by atoms with E-state index >= 15 is 0 Å². The molecular weight excluding hydrogens is 336 g/mol. The molecule has 8 heteroatoms. The lowest BCUT2D eigenvalue weighted by molar-refractivity contribution is 0.0942. The molecule has 7 nitrogen and oxygen atoms in total. The Hall–Kier alpha value is -1.93. The lowest BCUT2D eigenvalue weighted by Gasteiger charge is -2.18. The highest BCUT2D eigenvalue weighted by atomic mass is 32.1. The molecule has 2 aromatic rings. The van der Waals surface area contributed by atoms with E-state index in [1.165, 1.54) is 24.2 Å². The van der Waals surface area contributed by atoms with Crippen molar-refractivity contribution in [2.45, 2.75) is 26.7 Å². The molecule has 0 aromatic carbocycles. The molecule has 0 saturated carbocycles. The van der Waals surface area contributed by atoms with Gasteiger partial charge in [0, 0.05) is 32.4 Å². The van der Waals surface area contributed by atoms with Crippen LogP contribution in [0.2, 0.25) is 0 Å². The maximum Gasteiger partial charge on any atom is 0.268 e. The number of rotatable bonds is 8. The van der Waals surface area contributed by atoms with Gasteiger partial charge in [0.1, 0.15) is 5.69 Å². The number of nitrogens with zero attached hydrogens (tertiary/aromatic N) is 5. The molecule has 2 aromatic heterocycles. The number of hydrogen-bond acceptors (Lipinski definition) is 6. The van der Waals surface area contributed by atoms with Gasteiger partial charge in [-0.2, -0.15) is 0 Å². The van der Waals surface area contributed by atoms with E-state index in [9.17, 15) is 4.79 Å². The molecule has 0 atom stereocenters. The van der Waals surface area contributed by atoms with Crippen molar-refractivity contribution in [3.05, 3.63) is 24.0 Å². The molecule has 1 N–H and O–H groups in total. The number of anilines is 1. The number of amides is 1. The summed E-state index contributed by atoms with van der Waals surface area (Å²) in [5, 5.41) is 13.3. The van der Waals surface area contributed by atoms with Crippen LogP contribution in [0.1, 0.15) is 37.2 Å². The predicted molar refractivity (Wildman–Crippen MR) is 101 cm³/mol. The SMILES string of the molecule is CCN(CC)CCNC(=O)c1cccn1-c1nnc(N2CCCC2)s1. The van der Waals surface area contributed by atoms with Crippen LogP contribution in [0.4, 0.5) is 5.13 Å². The first-order valence-electron chi connectivity index (χ1n) is 8.99. The molecule has 3 heterocycles. The van der Waals surface area contributed by atoms with Gasteiger partial charge in [-0.1, -0.05) is 25.2 Å². The van der Waals surface area contributed by atoms with Crippen LogP contribution in [-0.2, 0) is 0 Å². The molecule has 1 saturated heterocycles. The summed E-state index contributed by atoms with van der Waals surface area (Å²) >= 11 is 1.53. The van der Waals surface area contributed by atoms with Gasteiger partial charge < -0.3 is 15.1 Å². The Labute approximate surface area is 152 Å². The Kier molecular flexibility index (Phi) is 6.04. The minimum absolute atomic E-state index is 0.0740. The van der Waals surface area contributed by atoms with Gasteiger partial charge in [0.15, 0.2) is 0 Å². The highest BCUT2D eigenvalue weighted by molar-refractivity contribution is 7.17. The molecule has 1 fully saturated rings. The monoisotopic (exact) mass is 362 g/mol. The third-order valence-electron chi connectivity index (χ3n) is 4.58. The van der Waals surface area contributed by atoms with Crippen molar-refractivity contribution in [2.75, 3.05) is 44.2 Å². The fourth-order valence-electron chi connectivity index (χ4n) is 3.03. The van der Waals surface area contributed by atoms with E-state index < -0.39 is 0 Å². The lowest BCUT2D eigenvalue weighted by atomic mass is 10.4. The molecule has 1 aliphatic rings. The van der Waals surface area contributed by atoms with Crippen molar-refractivity contribution in [1.82, 2.24) is 25.0 Å². The van der Waals surface area contributed by atoms with Crippen molar-refractivity contribution in [1.29, 1.82) is 0 Å². The number of carbonyl (C=O) groups excluding carboxylic acids is 1. The van der Waals surface area contributed by atoms with Crippen LogP contribution >= 0.6 is 11.3 Å². The summed E-state index contributed by atoms with van der Waals surface area (Å²) in [6.07, 6.45) is 4.28. The number of carbonyl (C=O) groups is 1. The maximum absolute atomic E-state index is 12.5. The Bertz CT molecular complexity index is 687. The molecule has 136 valence electrons. The van der Waals surface area contributed by atoms with Gasteiger partial charge in [-0.25, -0.2) is 0 Å². The molecule has 0 spiro atoms. The van der Waals surface area contributed by atoms with Crippen LogP contribution in [0.15, 0.2) is 18.3 Å². The minimum atomic E-state index is -0.0740. The molecule has 3 rings (SSSR count). The van der Waals surface area contributed by atoms with E-state index in [-0.39, 0.29) is 5.91 Å².